The Morgan fingerprint density at radius 3 is 1.82 bits per heavy atom. The van der Waals surface area contributed by atoms with Crippen LogP contribution >= 0.6 is 0 Å². The molecule has 0 bridgehead atoms. The third-order valence-corrected chi connectivity index (χ3v) is 5.99. The van der Waals surface area contributed by atoms with Crippen LogP contribution in [0.2, 0.25) is 0 Å². The van der Waals surface area contributed by atoms with Crippen molar-refractivity contribution in [2.24, 2.45) is 5.92 Å². The van der Waals surface area contributed by atoms with E-state index in [1.165, 1.54) is 4.57 Å². The fraction of sp³-hybridized carbons (Fsp3) is 0.857. The number of hydrogen-bond donors (Lipinski definition) is 1. The van der Waals surface area contributed by atoms with Gasteiger partial charge in [0.25, 0.3) is 0 Å². The highest BCUT2D eigenvalue weighted by atomic mass is 28.4. The molecule has 7 nitrogen and oxygen atoms in total. The molecule has 0 aliphatic rings. The summed E-state index contributed by atoms with van der Waals surface area (Å²) in [5.74, 6) is -1.96. The van der Waals surface area contributed by atoms with E-state index >= 15 is 0 Å². The first-order valence-corrected chi connectivity index (χ1v) is 9.50. The Kier molecular flexibility index (Phi) is 10.2. The highest BCUT2D eigenvalue weighted by Crippen LogP contribution is 2.21. The summed E-state index contributed by atoms with van der Waals surface area (Å²) in [4.78, 5) is 23.6. The van der Waals surface area contributed by atoms with Gasteiger partial charge in [-0.05, 0) is 27.2 Å². The summed E-state index contributed by atoms with van der Waals surface area (Å²) in [5, 5.41) is 8.90. The van der Waals surface area contributed by atoms with Crippen LogP contribution in [0, 0.1) is 5.92 Å². The molecule has 0 heterocycles. The summed E-state index contributed by atoms with van der Waals surface area (Å²) >= 11 is 0. The van der Waals surface area contributed by atoms with E-state index < -0.39 is 20.9 Å². The Labute approximate surface area is 134 Å². The first-order valence-electron chi connectivity index (χ1n) is 7.83. The molecule has 8 heteroatoms. The molecule has 0 radical (unpaired) electrons. The van der Waals surface area contributed by atoms with Crippen LogP contribution in [0.25, 0.3) is 0 Å². The van der Waals surface area contributed by atoms with Crippen LogP contribution in [0.4, 0.5) is 0 Å². The third-order valence-electron chi connectivity index (χ3n) is 2.93. The Morgan fingerprint density at radius 2 is 1.50 bits per heavy atom. The van der Waals surface area contributed by atoms with Gasteiger partial charge in [-0.15, -0.1) is 0 Å². The van der Waals surface area contributed by atoms with E-state index in [1.807, 2.05) is 27.7 Å². The van der Waals surface area contributed by atoms with Gasteiger partial charge in [0, 0.05) is 32.3 Å². The Balaban J connectivity index is 5.49. The van der Waals surface area contributed by atoms with Crippen molar-refractivity contribution in [3.63, 3.8) is 0 Å². The molecule has 1 unspecified atom stereocenters. The molecule has 1 atom stereocenters. The molecule has 0 rings (SSSR count). The van der Waals surface area contributed by atoms with E-state index in [0.717, 1.165) is 0 Å². The Bertz CT molecular complexity index is 335. The van der Waals surface area contributed by atoms with Crippen molar-refractivity contribution in [2.45, 2.75) is 47.5 Å². The van der Waals surface area contributed by atoms with Gasteiger partial charge in [0.15, 0.2) is 0 Å². The van der Waals surface area contributed by atoms with Gasteiger partial charge in [-0.3, -0.25) is 9.59 Å². The van der Waals surface area contributed by atoms with Crippen LogP contribution in [0.15, 0.2) is 0 Å². The van der Waals surface area contributed by atoms with Gasteiger partial charge in [0.1, 0.15) is 0 Å². The normalized spacial score (nSPS) is 13.0. The number of nitrogens with zero attached hydrogens (tertiary/aromatic N) is 1. The van der Waals surface area contributed by atoms with E-state index in [1.54, 1.807) is 6.92 Å². The average molecular weight is 335 g/mol. The molecule has 1 N–H and O–H groups in total. The van der Waals surface area contributed by atoms with Crippen molar-refractivity contribution in [3.8, 4) is 0 Å². The van der Waals surface area contributed by atoms with Gasteiger partial charge in [-0.2, -0.15) is 0 Å². The number of rotatable bonds is 12. The fourth-order valence-corrected chi connectivity index (χ4v) is 4.93. The molecule has 0 aromatic rings. The van der Waals surface area contributed by atoms with E-state index in [-0.39, 0.29) is 12.3 Å². The SMILES string of the molecule is CCCN(C(=O)C(C)CC(=O)O)[Si](OCC)(OCC)OCC. The summed E-state index contributed by atoms with van der Waals surface area (Å²) in [6.45, 7) is 10.5. The van der Waals surface area contributed by atoms with Gasteiger partial charge >= 0.3 is 14.9 Å². The zero-order valence-electron chi connectivity index (χ0n) is 14.3. The van der Waals surface area contributed by atoms with Crippen LogP contribution in [-0.4, -0.2) is 56.9 Å². The number of aliphatic carboxylic acids is 1. The van der Waals surface area contributed by atoms with Crippen molar-refractivity contribution >= 4 is 20.8 Å². The predicted octanol–water partition coefficient (Wildman–Crippen LogP) is 1.88. The number of amides is 1. The predicted molar refractivity (Wildman–Crippen MR) is 84.1 cm³/mol. The van der Waals surface area contributed by atoms with E-state index in [2.05, 4.69) is 0 Å². The highest BCUT2D eigenvalue weighted by Gasteiger charge is 2.52. The second-order valence-electron chi connectivity index (χ2n) is 4.81. The van der Waals surface area contributed by atoms with Gasteiger partial charge in [-0.1, -0.05) is 13.8 Å². The molecule has 0 aromatic heterocycles. The van der Waals surface area contributed by atoms with Crippen LogP contribution in [0.5, 0.6) is 0 Å². The van der Waals surface area contributed by atoms with Crippen molar-refractivity contribution in [3.05, 3.63) is 0 Å². The van der Waals surface area contributed by atoms with Crippen LogP contribution in [0.3, 0.4) is 0 Å². The van der Waals surface area contributed by atoms with Crippen molar-refractivity contribution < 1.29 is 28.0 Å². The van der Waals surface area contributed by atoms with Gasteiger partial charge in [-0.25, -0.2) is 0 Å². The van der Waals surface area contributed by atoms with Crippen LogP contribution < -0.4 is 0 Å². The lowest BCUT2D eigenvalue weighted by atomic mass is 10.1. The lowest BCUT2D eigenvalue weighted by Gasteiger charge is -2.38. The minimum absolute atomic E-state index is 0.228. The monoisotopic (exact) mass is 335 g/mol. The van der Waals surface area contributed by atoms with E-state index in [0.29, 0.717) is 32.8 Å². The lowest BCUT2D eigenvalue weighted by molar-refractivity contribution is -0.144. The van der Waals surface area contributed by atoms with Crippen molar-refractivity contribution in [2.75, 3.05) is 26.4 Å². The number of carboxylic acid groups (broad SMARTS) is 1. The Morgan fingerprint density at radius 1 is 1.05 bits per heavy atom. The molecule has 0 spiro atoms. The van der Waals surface area contributed by atoms with E-state index in [4.69, 9.17) is 18.4 Å². The molecule has 130 valence electrons. The first-order chi connectivity index (χ1) is 10.4. The molecule has 0 aliphatic carbocycles. The minimum Gasteiger partial charge on any atom is -0.481 e. The quantitative estimate of drug-likeness (QED) is 0.548. The molecule has 0 aromatic carbocycles. The average Bonchev–Trinajstić information content (AvgIpc) is 2.44. The maximum atomic E-state index is 12.7. The third kappa shape index (κ3) is 6.03. The first kappa shape index (κ1) is 21.0. The van der Waals surface area contributed by atoms with Gasteiger partial charge < -0.3 is 23.0 Å². The summed E-state index contributed by atoms with van der Waals surface area (Å²) in [7, 11) is -3.33. The van der Waals surface area contributed by atoms with Crippen molar-refractivity contribution in [1.82, 2.24) is 4.57 Å². The lowest BCUT2D eigenvalue weighted by Crippen LogP contribution is -2.64. The largest absolute Gasteiger partial charge is 0.635 e. The molecule has 0 aliphatic heterocycles. The maximum absolute atomic E-state index is 12.7. The second kappa shape index (κ2) is 10.7. The number of hydrogen-bond acceptors (Lipinski definition) is 5. The zero-order chi connectivity index (χ0) is 17.2. The number of carbonyl (C=O) groups excluding carboxylic acids is 1. The molecule has 22 heavy (non-hydrogen) atoms. The summed E-state index contributed by atoms with van der Waals surface area (Å²) in [6.07, 6.45) is 0.474. The van der Waals surface area contributed by atoms with Crippen molar-refractivity contribution in [1.29, 1.82) is 0 Å². The smallest absolute Gasteiger partial charge is 0.481 e. The molecular weight excluding hydrogens is 306 g/mol. The molecular formula is C14H29NO6Si. The fourth-order valence-electron chi connectivity index (χ4n) is 2.13. The molecule has 1 amide bonds. The summed E-state index contributed by atoms with van der Waals surface area (Å²) in [6, 6.07) is 0. The molecule has 0 saturated heterocycles. The number of carboxylic acids is 1. The maximum Gasteiger partial charge on any atom is 0.635 e. The standard InChI is InChI=1S/C14H29NO6Si/c1-6-10-15(14(18)12(5)11-13(16)17)22(19-7-2,20-8-3)21-9-4/h12H,6-11H2,1-5H3,(H,16,17). The van der Waals surface area contributed by atoms with Gasteiger partial charge in [0.2, 0.25) is 5.91 Å². The van der Waals surface area contributed by atoms with E-state index in [9.17, 15) is 9.59 Å². The molecule has 0 saturated carbocycles. The molecule has 0 fully saturated rings. The Hall–Kier alpha value is -0.963. The minimum atomic E-state index is -3.33. The highest BCUT2D eigenvalue weighted by molar-refractivity contribution is 6.60. The topological polar surface area (TPSA) is 85.3 Å². The number of carbonyl (C=O) groups is 2. The zero-order valence-corrected chi connectivity index (χ0v) is 15.3. The van der Waals surface area contributed by atoms with Crippen LogP contribution in [-0.2, 0) is 22.9 Å². The van der Waals surface area contributed by atoms with Crippen LogP contribution in [0.1, 0.15) is 47.5 Å². The summed E-state index contributed by atoms with van der Waals surface area (Å²) in [5.41, 5.74) is 0. The van der Waals surface area contributed by atoms with Gasteiger partial charge in [0.05, 0.1) is 6.42 Å². The second-order valence-corrected chi connectivity index (χ2v) is 7.27. The summed E-state index contributed by atoms with van der Waals surface area (Å²) < 4.78 is 18.8.